The van der Waals surface area contributed by atoms with Crippen molar-refractivity contribution in [3.05, 3.63) is 175 Å². The number of hydrazine groups is 1. The second-order valence-corrected chi connectivity index (χ2v) is 23.2. The molecule has 0 amide bonds. The van der Waals surface area contributed by atoms with Crippen molar-refractivity contribution >= 4 is 61.2 Å². The molecule has 0 spiro atoms. The predicted molar refractivity (Wildman–Crippen MR) is 330 cm³/mol. The number of rotatable bonds is 13. The van der Waals surface area contributed by atoms with Gasteiger partial charge in [0.1, 0.15) is 63.1 Å². The Hall–Kier alpha value is -7.07. The van der Waals surface area contributed by atoms with Crippen molar-refractivity contribution in [1.29, 1.82) is 0 Å². The molecule has 8 bridgehead atoms. The summed E-state index contributed by atoms with van der Waals surface area (Å²) in [5.74, 6) is 11.7. The maximum atomic E-state index is 6.87. The minimum atomic E-state index is 0. The summed E-state index contributed by atoms with van der Waals surface area (Å²) in [6, 6.07) is 55.1. The minimum absolute atomic E-state index is 0. The molecule has 2 aliphatic heterocycles. The second-order valence-electron chi connectivity index (χ2n) is 23.2. The molecule has 436 valence electrons. The summed E-state index contributed by atoms with van der Waals surface area (Å²) in [5.41, 5.74) is 10.9. The van der Waals surface area contributed by atoms with Crippen molar-refractivity contribution < 1.29 is 110 Å². The largest absolute Gasteiger partial charge is 2.00 e. The Morgan fingerprint density at radius 1 is 0.379 bits per heavy atom. The average molecular weight is 1550 g/mol. The molecule has 87 heavy (non-hydrogen) atoms. The molecule has 3 aromatic heterocycles. The van der Waals surface area contributed by atoms with E-state index in [1.165, 1.54) is 0 Å². The van der Waals surface area contributed by atoms with Gasteiger partial charge in [-0.05, 0) is 107 Å². The van der Waals surface area contributed by atoms with E-state index in [0.717, 1.165) is 22.6 Å². The van der Waals surface area contributed by atoms with Crippen LogP contribution in [0.3, 0.4) is 0 Å². The van der Waals surface area contributed by atoms with Crippen molar-refractivity contribution in [2.75, 3.05) is 63.4 Å². The zero-order valence-corrected chi connectivity index (χ0v) is 58.8. The molecule has 0 aliphatic carbocycles. The van der Waals surface area contributed by atoms with E-state index >= 15 is 0 Å². The topological polar surface area (TPSA) is 181 Å². The normalized spacial score (nSPS) is 11.7. The van der Waals surface area contributed by atoms with Crippen LogP contribution in [0.4, 0.5) is 17.1 Å². The van der Waals surface area contributed by atoms with Crippen molar-refractivity contribution in [2.45, 2.75) is 6.54 Å². The molecule has 2 aliphatic rings. The molecule has 0 saturated heterocycles. The summed E-state index contributed by atoms with van der Waals surface area (Å²) in [5, 5.41) is 2.65. The van der Waals surface area contributed by atoms with Gasteiger partial charge in [-0.15, -0.1) is 0 Å². The monoisotopic (exact) mass is 1540 g/mol. The summed E-state index contributed by atoms with van der Waals surface area (Å²) in [7, 11) is 19.1. The van der Waals surface area contributed by atoms with E-state index in [0.29, 0.717) is 156 Å². The number of quaternary nitrogens is 3. The van der Waals surface area contributed by atoms with Gasteiger partial charge >= 0.3 is 19.5 Å². The molecule has 0 fully saturated rings. The van der Waals surface area contributed by atoms with Crippen LogP contribution < -0.4 is 126 Å². The van der Waals surface area contributed by atoms with E-state index in [1.54, 1.807) is 0 Å². The molecule has 0 radical (unpaired) electrons. The third-order valence-corrected chi connectivity index (χ3v) is 14.6. The first-order valence-electron chi connectivity index (χ1n) is 27.2. The van der Waals surface area contributed by atoms with Crippen LogP contribution in [0.15, 0.2) is 170 Å². The number of fused-ring (bicyclic) bond motifs is 20. The smallest absolute Gasteiger partial charge is 1.00 e. The summed E-state index contributed by atoms with van der Waals surface area (Å²) in [4.78, 5) is 42.5. The van der Waals surface area contributed by atoms with Crippen LogP contribution in [0.5, 0.6) is 46.0 Å². The molecule has 11 aromatic rings. The summed E-state index contributed by atoms with van der Waals surface area (Å²) >= 11 is 0. The fourth-order valence-electron chi connectivity index (χ4n) is 10.2. The average Bonchev–Trinajstić information content (AvgIpc) is 1.68. The zero-order chi connectivity index (χ0) is 57.4. The van der Waals surface area contributed by atoms with Crippen molar-refractivity contribution in [3.8, 4) is 91.5 Å². The van der Waals surface area contributed by atoms with Crippen LogP contribution in [-0.2, 0) is 26.0 Å². The van der Waals surface area contributed by atoms with Gasteiger partial charge in [-0.25, -0.2) is 9.97 Å². The number of benzene rings is 8. The van der Waals surface area contributed by atoms with E-state index in [9.17, 15) is 0 Å². The Morgan fingerprint density at radius 3 is 1.29 bits per heavy atom. The second kappa shape index (κ2) is 25.6. The Kier molecular flexibility index (Phi) is 18.9. The maximum Gasteiger partial charge on any atom is 2.00 e. The third-order valence-electron chi connectivity index (χ3n) is 14.6. The van der Waals surface area contributed by atoms with Crippen LogP contribution in [0.1, 0.15) is 5.56 Å². The van der Waals surface area contributed by atoms with E-state index < -0.39 is 0 Å². The third kappa shape index (κ3) is 13.1. The zero-order valence-electron chi connectivity index (χ0n) is 49.3. The quantitative estimate of drug-likeness (QED) is 0.0559. The van der Waals surface area contributed by atoms with Gasteiger partial charge in [-0.2, -0.15) is 0 Å². The Morgan fingerprint density at radius 2 is 0.782 bits per heavy atom. The standard InChI is InChI=1S/C66H60N13O4.3HI.Zn/c1-77(2,3)40-16-10-19-44(34-40)81-53-25-13-22-49-56(53)64-71-59-48-33-32-47(80-43-30-28-39(29-31-43)38-68-67)37-52(48)63(69-59)76-66-58-51(24-15-27-55(58)83-46-21-12-18-42(36-46)79(7,8)9)62(75-66)74-65-57-50(61(73-65)70-60(49)72-64)23-14-26-54(57)82-45-20-11-17-41(35-45)78(4,5)6;;;;/h10-37,68H,38,67H2,1-9H3;3*1H;/q+1;;;;+2/p-3. The molecular weight excluding hydrogens is 1480 g/mol. The van der Waals surface area contributed by atoms with Gasteiger partial charge in [-0.1, -0.05) is 66.7 Å². The van der Waals surface area contributed by atoms with Crippen LogP contribution in [0.2, 0.25) is 0 Å². The van der Waals surface area contributed by atoms with Gasteiger partial charge in [-0.3, -0.25) is 24.7 Å². The van der Waals surface area contributed by atoms with Crippen LogP contribution >= 0.6 is 0 Å². The Labute approximate surface area is 567 Å². The molecule has 3 N–H and O–H groups in total. The molecule has 5 heterocycles. The number of nitrogens with two attached hydrogens (primary N) is 1. The molecule has 0 atom stereocenters. The number of halogens is 3. The number of ether oxygens (including phenoxy) is 4. The first kappa shape index (κ1) is 64.4. The van der Waals surface area contributed by atoms with Gasteiger partial charge in [0.2, 0.25) is 0 Å². The van der Waals surface area contributed by atoms with E-state index in [-0.39, 0.29) is 91.4 Å². The van der Waals surface area contributed by atoms with Crippen LogP contribution in [0, 0.1) is 0 Å². The predicted octanol–water partition coefficient (Wildman–Crippen LogP) is 3.86. The first-order chi connectivity index (χ1) is 39.9. The van der Waals surface area contributed by atoms with Crippen LogP contribution in [-0.4, -0.2) is 93.3 Å². The summed E-state index contributed by atoms with van der Waals surface area (Å²) in [6.45, 7) is 0.514. The first-order valence-corrected chi connectivity index (χ1v) is 27.2. The number of aromatic nitrogens is 8. The fourth-order valence-corrected chi connectivity index (χ4v) is 10.2. The van der Waals surface area contributed by atoms with Gasteiger partial charge in [0.15, 0.2) is 0 Å². The molecule has 8 aromatic carbocycles. The number of hydrogen-bond acceptors (Lipinski definition) is 12. The molecule has 0 saturated carbocycles. The van der Waals surface area contributed by atoms with Gasteiger partial charge in [0, 0.05) is 63.8 Å². The number of nitrogens with zero attached hydrogens (tertiary/aromatic N) is 11. The molecular formula is C66H60I3N13O4Zn. The summed E-state index contributed by atoms with van der Waals surface area (Å²) < 4.78 is 28.9. The summed E-state index contributed by atoms with van der Waals surface area (Å²) in [6.07, 6.45) is 0. The molecule has 0 unspecified atom stereocenters. The van der Waals surface area contributed by atoms with Crippen LogP contribution in [0.25, 0.3) is 89.7 Å². The molecule has 21 heteroatoms. The number of nitrogens with one attached hydrogen (secondary N) is 1. The minimum Gasteiger partial charge on any atom is -1.00 e. The Bertz CT molecular complexity index is 4580. The Balaban J connectivity index is 0.00000226. The van der Waals surface area contributed by atoms with Crippen molar-refractivity contribution in [2.24, 2.45) is 5.84 Å². The SMILES string of the molecule is C[N+](C)(C)c1cccc(Oc2cccc3c2-c2nc-3nc3[n-]c(nc4nc(nc5[n-]c(n2)c2ccc(Oc6ccc(CNN)cc6)cc52)-c2c(Oc5cccc([N+](C)(C)C)c5)cccc2-4)c2c(Oc4cccc([N+](C)(C)C)c4)cccc32)c1.[I-].[I-].[I-].[Zn+2]. The number of hydrogen-bond donors (Lipinski definition) is 2. The molecule has 17 nitrogen and oxygen atoms in total. The van der Waals surface area contributed by atoms with Crippen molar-refractivity contribution in [1.82, 2.24) is 58.7 Å². The molecule has 13 rings (SSSR count). The van der Waals surface area contributed by atoms with Gasteiger partial charge in [0.05, 0.1) is 97.9 Å². The van der Waals surface area contributed by atoms with Crippen molar-refractivity contribution in [3.63, 3.8) is 0 Å². The van der Waals surface area contributed by atoms with Gasteiger partial charge < -0.3 is 121 Å². The van der Waals surface area contributed by atoms with Gasteiger partial charge in [0.25, 0.3) is 0 Å². The van der Waals surface area contributed by atoms with E-state index in [2.05, 4.69) is 87.1 Å². The van der Waals surface area contributed by atoms with E-state index in [1.807, 2.05) is 152 Å². The fraction of sp³-hybridized carbons (Fsp3) is 0.152. The van der Waals surface area contributed by atoms with E-state index in [4.69, 9.17) is 64.7 Å². The maximum absolute atomic E-state index is 6.87.